The van der Waals surface area contributed by atoms with Crippen molar-refractivity contribution in [2.45, 2.75) is 6.04 Å². The third-order valence-electron chi connectivity index (χ3n) is 3.89. The maximum Gasteiger partial charge on any atom is 0.337 e. The molecule has 0 radical (unpaired) electrons. The highest BCUT2D eigenvalue weighted by Crippen LogP contribution is 2.33. The Kier molecular flexibility index (Phi) is 3.84. The summed E-state index contributed by atoms with van der Waals surface area (Å²) in [6.07, 6.45) is 0. The number of carbonyl (C=O) groups excluding carboxylic acids is 4. The lowest BCUT2D eigenvalue weighted by molar-refractivity contribution is -0.122. The van der Waals surface area contributed by atoms with E-state index in [0.29, 0.717) is 0 Å². The summed E-state index contributed by atoms with van der Waals surface area (Å²) in [7, 11) is 2.37. The molecule has 24 heavy (non-hydrogen) atoms. The predicted octanol–water partition coefficient (Wildman–Crippen LogP) is 0.584. The quantitative estimate of drug-likeness (QED) is 0.591. The van der Waals surface area contributed by atoms with Crippen LogP contribution in [-0.4, -0.2) is 50.6 Å². The van der Waals surface area contributed by atoms with Gasteiger partial charge in [-0.15, -0.1) is 0 Å². The first-order chi connectivity index (χ1) is 11.5. The first kappa shape index (κ1) is 15.8. The molecule has 3 rings (SSSR count). The van der Waals surface area contributed by atoms with Gasteiger partial charge in [0.05, 0.1) is 43.5 Å². The fraction of sp³-hybridized carbons (Fsp3) is 0.333. The number of amides is 2. The number of benzene rings is 1. The van der Waals surface area contributed by atoms with Gasteiger partial charge in [0.2, 0.25) is 5.91 Å². The van der Waals surface area contributed by atoms with Crippen LogP contribution in [0, 0.1) is 5.92 Å². The molecular formula is C15H13N3O6. The molecule has 2 heterocycles. The van der Waals surface area contributed by atoms with Crippen LogP contribution in [0.5, 0.6) is 0 Å². The first-order valence-corrected chi connectivity index (χ1v) is 7.04. The number of esters is 2. The maximum absolute atomic E-state index is 12.5. The lowest BCUT2D eigenvalue weighted by atomic mass is 10.1. The summed E-state index contributed by atoms with van der Waals surface area (Å²) in [4.78, 5) is 49.4. The molecule has 0 spiro atoms. The third-order valence-corrected chi connectivity index (χ3v) is 3.89. The second-order valence-electron chi connectivity index (χ2n) is 5.25. The van der Waals surface area contributed by atoms with Crippen molar-refractivity contribution in [2.75, 3.05) is 25.7 Å². The zero-order valence-corrected chi connectivity index (χ0v) is 12.9. The number of methoxy groups -OCH3 is 2. The molecule has 9 nitrogen and oxygen atoms in total. The molecule has 2 unspecified atom stereocenters. The van der Waals surface area contributed by atoms with Gasteiger partial charge in [0.1, 0.15) is 0 Å². The monoisotopic (exact) mass is 331 g/mol. The highest BCUT2D eigenvalue weighted by molar-refractivity contribution is 6.24. The zero-order valence-electron chi connectivity index (χ0n) is 12.9. The SMILES string of the molecule is COC(=O)c1cc(C(=O)OC)cc(N2C(=O)C3CN=NC3C2=O)c1. The van der Waals surface area contributed by atoms with E-state index in [1.807, 2.05) is 0 Å². The van der Waals surface area contributed by atoms with E-state index in [0.717, 1.165) is 4.90 Å². The molecule has 2 aliphatic rings. The second-order valence-corrected chi connectivity index (χ2v) is 5.25. The van der Waals surface area contributed by atoms with Crippen LogP contribution in [-0.2, 0) is 19.1 Å². The summed E-state index contributed by atoms with van der Waals surface area (Å²) >= 11 is 0. The van der Waals surface area contributed by atoms with Crippen LogP contribution in [0.25, 0.3) is 0 Å². The Balaban J connectivity index is 2.08. The summed E-state index contributed by atoms with van der Waals surface area (Å²) in [6, 6.07) is 3.05. The van der Waals surface area contributed by atoms with Crippen LogP contribution in [0.2, 0.25) is 0 Å². The number of nitrogens with zero attached hydrogens (tertiary/aromatic N) is 3. The van der Waals surface area contributed by atoms with E-state index in [9.17, 15) is 19.2 Å². The zero-order chi connectivity index (χ0) is 17.4. The van der Waals surface area contributed by atoms with Crippen LogP contribution in [0.15, 0.2) is 28.4 Å². The molecular weight excluding hydrogens is 318 g/mol. The Morgan fingerprint density at radius 3 is 2.12 bits per heavy atom. The van der Waals surface area contributed by atoms with Crippen molar-refractivity contribution < 1.29 is 28.7 Å². The van der Waals surface area contributed by atoms with E-state index in [4.69, 9.17) is 0 Å². The molecule has 0 saturated carbocycles. The van der Waals surface area contributed by atoms with Crippen LogP contribution in [0.1, 0.15) is 20.7 Å². The molecule has 1 aromatic carbocycles. The van der Waals surface area contributed by atoms with Crippen molar-refractivity contribution in [3.63, 3.8) is 0 Å². The van der Waals surface area contributed by atoms with E-state index in [1.54, 1.807) is 0 Å². The molecule has 0 aromatic heterocycles. The Hall–Kier alpha value is -3.10. The Labute approximate surface area is 136 Å². The van der Waals surface area contributed by atoms with Gasteiger partial charge in [0.15, 0.2) is 6.04 Å². The van der Waals surface area contributed by atoms with Crippen LogP contribution in [0.4, 0.5) is 5.69 Å². The number of imide groups is 1. The van der Waals surface area contributed by atoms with Crippen LogP contribution >= 0.6 is 0 Å². The van der Waals surface area contributed by atoms with E-state index in [-0.39, 0.29) is 23.4 Å². The molecule has 0 aliphatic carbocycles. The van der Waals surface area contributed by atoms with Gasteiger partial charge in [-0.3, -0.25) is 9.59 Å². The van der Waals surface area contributed by atoms with Crippen LogP contribution in [0.3, 0.4) is 0 Å². The van der Waals surface area contributed by atoms with Gasteiger partial charge in [-0.05, 0) is 18.2 Å². The molecule has 2 atom stereocenters. The highest BCUT2D eigenvalue weighted by atomic mass is 16.5. The lowest BCUT2D eigenvalue weighted by Crippen LogP contribution is -2.32. The van der Waals surface area contributed by atoms with Crippen LogP contribution < -0.4 is 4.90 Å². The van der Waals surface area contributed by atoms with Crippen molar-refractivity contribution in [1.82, 2.24) is 0 Å². The predicted molar refractivity (Wildman–Crippen MR) is 78.6 cm³/mol. The van der Waals surface area contributed by atoms with Crippen molar-refractivity contribution in [1.29, 1.82) is 0 Å². The number of carbonyl (C=O) groups is 4. The highest BCUT2D eigenvalue weighted by Gasteiger charge is 2.51. The molecule has 2 aliphatic heterocycles. The third kappa shape index (κ3) is 2.34. The average molecular weight is 331 g/mol. The first-order valence-electron chi connectivity index (χ1n) is 7.04. The molecule has 9 heteroatoms. The summed E-state index contributed by atoms with van der Waals surface area (Å²) in [5.74, 6) is -3.06. The average Bonchev–Trinajstić information content (AvgIpc) is 3.17. The Morgan fingerprint density at radius 2 is 1.62 bits per heavy atom. The van der Waals surface area contributed by atoms with Crippen molar-refractivity contribution >= 4 is 29.4 Å². The fourth-order valence-electron chi connectivity index (χ4n) is 2.71. The van der Waals surface area contributed by atoms with Crippen molar-refractivity contribution in [3.05, 3.63) is 29.3 Å². The lowest BCUT2D eigenvalue weighted by Gasteiger charge is -2.16. The van der Waals surface area contributed by atoms with Crippen molar-refractivity contribution in [3.8, 4) is 0 Å². The Morgan fingerprint density at radius 1 is 1.04 bits per heavy atom. The number of ether oxygens (including phenoxy) is 2. The van der Waals surface area contributed by atoms with Crippen molar-refractivity contribution in [2.24, 2.45) is 16.1 Å². The number of fused-ring (bicyclic) bond motifs is 1. The van der Waals surface area contributed by atoms with Gasteiger partial charge in [-0.25, -0.2) is 14.5 Å². The molecule has 1 saturated heterocycles. The van der Waals surface area contributed by atoms with Gasteiger partial charge < -0.3 is 9.47 Å². The molecule has 1 aromatic rings. The van der Waals surface area contributed by atoms with Gasteiger partial charge in [0.25, 0.3) is 5.91 Å². The maximum atomic E-state index is 12.5. The number of azo groups is 1. The molecule has 0 bridgehead atoms. The number of hydrogen-bond acceptors (Lipinski definition) is 8. The number of rotatable bonds is 3. The van der Waals surface area contributed by atoms with Gasteiger partial charge in [-0.1, -0.05) is 0 Å². The minimum absolute atomic E-state index is 0.0229. The number of anilines is 1. The van der Waals surface area contributed by atoms with E-state index >= 15 is 0 Å². The van der Waals surface area contributed by atoms with Gasteiger partial charge in [0, 0.05) is 0 Å². The molecule has 124 valence electrons. The van der Waals surface area contributed by atoms with Gasteiger partial charge >= 0.3 is 11.9 Å². The smallest absolute Gasteiger partial charge is 0.337 e. The van der Waals surface area contributed by atoms with E-state index in [1.165, 1.54) is 32.4 Å². The molecule has 0 N–H and O–H groups in total. The van der Waals surface area contributed by atoms with Gasteiger partial charge in [-0.2, -0.15) is 10.2 Å². The normalized spacial score (nSPS) is 21.8. The largest absolute Gasteiger partial charge is 0.465 e. The number of hydrogen-bond donors (Lipinski definition) is 0. The summed E-state index contributed by atoms with van der Waals surface area (Å²) in [5.41, 5.74) is 0.141. The minimum Gasteiger partial charge on any atom is -0.465 e. The van der Waals surface area contributed by atoms with E-state index in [2.05, 4.69) is 19.7 Å². The fourth-order valence-corrected chi connectivity index (χ4v) is 2.71. The molecule has 2 amide bonds. The topological polar surface area (TPSA) is 115 Å². The second kappa shape index (κ2) is 5.84. The summed E-state index contributed by atoms with van der Waals surface area (Å²) in [5, 5.41) is 7.51. The van der Waals surface area contributed by atoms with E-state index < -0.39 is 35.7 Å². The Bertz CT molecular complexity index is 753. The summed E-state index contributed by atoms with van der Waals surface area (Å²) in [6.45, 7) is 0.145. The minimum atomic E-state index is -0.846. The summed E-state index contributed by atoms with van der Waals surface area (Å²) < 4.78 is 9.28. The molecule has 1 fully saturated rings. The standard InChI is InChI=1S/C15H13N3O6/c1-23-14(21)7-3-8(15(22)24-2)5-9(4-7)18-12(19)10-6-16-17-11(10)13(18)20/h3-5,10-11H,6H2,1-2H3.